The minimum Gasteiger partial charge on any atom is -0.466 e. The predicted molar refractivity (Wildman–Crippen MR) is 75.6 cm³/mol. The molecule has 23 heavy (non-hydrogen) atoms. The van der Waals surface area contributed by atoms with Crippen molar-refractivity contribution in [2.45, 2.75) is 18.5 Å². The number of alkyl halides is 2. The average molecular weight is 323 g/mol. The Balaban J connectivity index is 2.23. The van der Waals surface area contributed by atoms with Crippen molar-refractivity contribution >= 4 is 11.9 Å². The van der Waals surface area contributed by atoms with Crippen molar-refractivity contribution in [2.24, 2.45) is 0 Å². The van der Waals surface area contributed by atoms with E-state index in [2.05, 4.69) is 9.47 Å². The van der Waals surface area contributed by atoms with Crippen LogP contribution in [0.25, 0.3) is 0 Å². The zero-order valence-corrected chi connectivity index (χ0v) is 12.9. The summed E-state index contributed by atoms with van der Waals surface area (Å²) in [5.74, 6) is -2.18. The highest BCUT2D eigenvalue weighted by atomic mass is 19.3. The average Bonchev–Trinajstić information content (AvgIpc) is 3.24. The normalized spacial score (nSPS) is 27.4. The molecular weight excluding hydrogens is 308 g/mol. The minimum atomic E-state index is -3.58. The summed E-state index contributed by atoms with van der Waals surface area (Å²) in [6.45, 7) is 1.81. The van der Waals surface area contributed by atoms with Crippen LogP contribution >= 0.6 is 0 Å². The molecule has 1 fully saturated rings. The highest BCUT2D eigenvalue weighted by Gasteiger charge is 2.76. The number of carbonyl (C=O) groups is 2. The summed E-state index contributed by atoms with van der Waals surface area (Å²) < 4.78 is 38.3. The summed E-state index contributed by atoms with van der Waals surface area (Å²) in [5, 5.41) is 0. The molecule has 0 aromatic heterocycles. The van der Waals surface area contributed by atoms with Gasteiger partial charge in [0.15, 0.2) is 0 Å². The van der Waals surface area contributed by atoms with Gasteiger partial charge in [0.1, 0.15) is 5.57 Å². The zero-order valence-electron chi connectivity index (χ0n) is 12.9. The Morgan fingerprint density at radius 2 is 1.57 bits per heavy atom. The third-order valence-electron chi connectivity index (χ3n) is 4.36. The van der Waals surface area contributed by atoms with E-state index in [1.54, 1.807) is 24.3 Å². The van der Waals surface area contributed by atoms with Gasteiger partial charge in [-0.05, 0) is 12.5 Å². The van der Waals surface area contributed by atoms with Gasteiger partial charge in [-0.3, -0.25) is 0 Å². The third kappa shape index (κ3) is 1.92. The summed E-state index contributed by atoms with van der Waals surface area (Å²) in [5.41, 5.74) is -1.16. The SMILES string of the molecule is COC(=O)C1=C(C(=O)OC)C2(c3ccc(C)cc3)CN2C1(F)F. The summed E-state index contributed by atoms with van der Waals surface area (Å²) in [7, 11) is 2.09. The fraction of sp³-hybridized carbons (Fsp3) is 0.375. The lowest BCUT2D eigenvalue weighted by atomic mass is 9.88. The van der Waals surface area contributed by atoms with Gasteiger partial charge in [0.25, 0.3) is 0 Å². The van der Waals surface area contributed by atoms with Gasteiger partial charge in [-0.15, -0.1) is 0 Å². The molecule has 7 heteroatoms. The highest BCUT2D eigenvalue weighted by molar-refractivity contribution is 6.05. The molecule has 0 aliphatic carbocycles. The molecule has 122 valence electrons. The van der Waals surface area contributed by atoms with Crippen molar-refractivity contribution in [2.75, 3.05) is 20.8 Å². The van der Waals surface area contributed by atoms with E-state index in [1.165, 1.54) is 0 Å². The molecule has 1 saturated heterocycles. The molecule has 0 saturated carbocycles. The first kappa shape index (κ1) is 15.6. The van der Waals surface area contributed by atoms with Crippen LogP contribution in [0.4, 0.5) is 8.78 Å². The van der Waals surface area contributed by atoms with Crippen LogP contribution in [0.5, 0.6) is 0 Å². The van der Waals surface area contributed by atoms with Crippen LogP contribution in [0.3, 0.4) is 0 Å². The molecule has 2 aliphatic heterocycles. The fourth-order valence-corrected chi connectivity index (χ4v) is 3.16. The second kappa shape index (κ2) is 4.86. The van der Waals surface area contributed by atoms with Crippen LogP contribution in [-0.4, -0.2) is 43.6 Å². The van der Waals surface area contributed by atoms with Gasteiger partial charge in [-0.25, -0.2) is 14.5 Å². The van der Waals surface area contributed by atoms with Crippen molar-refractivity contribution in [1.29, 1.82) is 0 Å². The molecular formula is C16H15F2NO4. The first-order valence-corrected chi connectivity index (χ1v) is 6.95. The molecule has 1 aromatic carbocycles. The van der Waals surface area contributed by atoms with E-state index >= 15 is 0 Å². The Morgan fingerprint density at radius 1 is 1.04 bits per heavy atom. The quantitative estimate of drug-likeness (QED) is 0.482. The van der Waals surface area contributed by atoms with Crippen molar-refractivity contribution in [3.8, 4) is 0 Å². The number of fused-ring (bicyclic) bond motifs is 1. The molecule has 3 rings (SSSR count). The van der Waals surface area contributed by atoms with Gasteiger partial charge in [-0.2, -0.15) is 8.78 Å². The van der Waals surface area contributed by atoms with Crippen LogP contribution < -0.4 is 0 Å². The molecule has 0 amide bonds. The number of hydrogen-bond acceptors (Lipinski definition) is 5. The number of hydrogen-bond donors (Lipinski definition) is 0. The Kier molecular flexibility index (Phi) is 3.30. The summed E-state index contributed by atoms with van der Waals surface area (Å²) in [6.07, 6.45) is 0. The monoisotopic (exact) mass is 323 g/mol. The highest BCUT2D eigenvalue weighted by Crippen LogP contribution is 2.63. The van der Waals surface area contributed by atoms with E-state index in [4.69, 9.17) is 0 Å². The van der Waals surface area contributed by atoms with Gasteiger partial charge in [-0.1, -0.05) is 29.8 Å². The minimum absolute atomic E-state index is 0.0615. The van der Waals surface area contributed by atoms with E-state index in [0.717, 1.165) is 24.7 Å². The first-order valence-electron chi connectivity index (χ1n) is 6.95. The van der Waals surface area contributed by atoms with Crippen molar-refractivity contribution < 1.29 is 27.8 Å². The Hall–Kier alpha value is -2.28. The molecule has 0 spiro atoms. The zero-order chi connectivity index (χ0) is 17.0. The van der Waals surface area contributed by atoms with E-state index in [0.29, 0.717) is 5.56 Å². The molecule has 2 aliphatic rings. The van der Waals surface area contributed by atoms with E-state index in [9.17, 15) is 18.4 Å². The third-order valence-corrected chi connectivity index (χ3v) is 4.36. The van der Waals surface area contributed by atoms with Crippen LogP contribution in [0, 0.1) is 6.92 Å². The second-order valence-electron chi connectivity index (χ2n) is 5.59. The molecule has 1 aromatic rings. The van der Waals surface area contributed by atoms with Gasteiger partial charge in [0, 0.05) is 6.54 Å². The Morgan fingerprint density at radius 3 is 2.09 bits per heavy atom. The van der Waals surface area contributed by atoms with E-state index < -0.39 is 29.1 Å². The number of nitrogens with zero attached hydrogens (tertiary/aromatic N) is 1. The number of esters is 2. The Bertz CT molecular complexity index is 726. The maximum atomic E-state index is 14.6. The van der Waals surface area contributed by atoms with Crippen LogP contribution in [-0.2, 0) is 24.6 Å². The van der Waals surface area contributed by atoms with Crippen LogP contribution in [0.15, 0.2) is 35.4 Å². The number of halogens is 2. The molecule has 0 bridgehead atoms. The lowest BCUT2D eigenvalue weighted by Crippen LogP contribution is -2.32. The molecule has 0 radical (unpaired) electrons. The van der Waals surface area contributed by atoms with Gasteiger partial charge < -0.3 is 9.47 Å². The van der Waals surface area contributed by atoms with Gasteiger partial charge >= 0.3 is 18.0 Å². The maximum absolute atomic E-state index is 14.6. The van der Waals surface area contributed by atoms with E-state index in [1.807, 2.05) is 6.92 Å². The predicted octanol–water partition coefficient (Wildman–Crippen LogP) is 1.75. The number of methoxy groups -OCH3 is 2. The summed E-state index contributed by atoms with van der Waals surface area (Å²) in [6, 6.07) is 3.30. The topological polar surface area (TPSA) is 55.6 Å². The molecule has 2 unspecified atom stereocenters. The number of rotatable bonds is 3. The largest absolute Gasteiger partial charge is 0.466 e. The molecule has 2 atom stereocenters. The smallest absolute Gasteiger partial charge is 0.342 e. The number of aryl methyl sites for hydroxylation is 1. The number of carbonyl (C=O) groups excluding carboxylic acids is 2. The lowest BCUT2D eigenvalue weighted by Gasteiger charge is -2.15. The van der Waals surface area contributed by atoms with Crippen LogP contribution in [0.1, 0.15) is 11.1 Å². The van der Waals surface area contributed by atoms with Crippen molar-refractivity contribution in [1.82, 2.24) is 4.90 Å². The van der Waals surface area contributed by atoms with Gasteiger partial charge in [0.05, 0.1) is 25.3 Å². The van der Waals surface area contributed by atoms with E-state index in [-0.39, 0.29) is 12.1 Å². The number of ether oxygens (including phenoxy) is 2. The molecule has 5 nitrogen and oxygen atoms in total. The van der Waals surface area contributed by atoms with Crippen LogP contribution in [0.2, 0.25) is 0 Å². The second-order valence-corrected chi connectivity index (χ2v) is 5.59. The van der Waals surface area contributed by atoms with Crippen molar-refractivity contribution in [3.63, 3.8) is 0 Å². The lowest BCUT2D eigenvalue weighted by molar-refractivity contribution is -0.144. The standard InChI is InChI=1S/C16H15F2NO4/c1-9-4-6-10(7-5-9)15-8-19(15)16(17,18)12(14(21)23-3)11(15)13(20)22-2/h4-7H,8H2,1-3H3. The Labute approximate surface area is 131 Å². The summed E-state index contributed by atoms with van der Waals surface area (Å²) in [4.78, 5) is 24.8. The van der Waals surface area contributed by atoms with Crippen molar-refractivity contribution in [3.05, 3.63) is 46.5 Å². The summed E-state index contributed by atoms with van der Waals surface area (Å²) >= 11 is 0. The maximum Gasteiger partial charge on any atom is 0.342 e. The molecule has 2 heterocycles. The first-order chi connectivity index (χ1) is 10.8. The fourth-order valence-electron chi connectivity index (χ4n) is 3.16. The number of benzene rings is 1. The van der Waals surface area contributed by atoms with Gasteiger partial charge in [0.2, 0.25) is 0 Å². The molecule has 0 N–H and O–H groups in total.